The molecule has 10 heteroatoms. The Labute approximate surface area is 153 Å². The predicted octanol–water partition coefficient (Wildman–Crippen LogP) is 1.30. The minimum atomic E-state index is -4.55. The second kappa shape index (κ2) is 9.36. The summed E-state index contributed by atoms with van der Waals surface area (Å²) in [5.74, 6) is -3.29. The fourth-order valence-corrected chi connectivity index (χ4v) is 2.24. The van der Waals surface area contributed by atoms with Gasteiger partial charge in [-0.2, -0.15) is 13.2 Å². The lowest BCUT2D eigenvalue weighted by Crippen LogP contribution is -2.47. The number of ether oxygens (including phenoxy) is 1. The molecule has 1 aromatic rings. The Morgan fingerprint density at radius 3 is 2.22 bits per heavy atom. The van der Waals surface area contributed by atoms with Crippen molar-refractivity contribution in [3.05, 3.63) is 35.4 Å². The van der Waals surface area contributed by atoms with E-state index in [0.717, 1.165) is 24.3 Å². The van der Waals surface area contributed by atoms with Crippen LogP contribution in [0, 0.1) is 5.92 Å². The number of alkyl halides is 3. The zero-order valence-corrected chi connectivity index (χ0v) is 14.7. The van der Waals surface area contributed by atoms with E-state index in [4.69, 9.17) is 10.5 Å². The summed E-state index contributed by atoms with van der Waals surface area (Å²) in [4.78, 5) is 35.3. The van der Waals surface area contributed by atoms with Gasteiger partial charge in [0.1, 0.15) is 6.04 Å². The monoisotopic (exact) mass is 390 g/mol. The largest absolute Gasteiger partial charge is 0.466 e. The van der Waals surface area contributed by atoms with Gasteiger partial charge < -0.3 is 20.9 Å². The normalized spacial score (nSPS) is 14.7. The molecule has 0 saturated carbocycles. The van der Waals surface area contributed by atoms with Crippen LogP contribution < -0.4 is 11.1 Å². The summed E-state index contributed by atoms with van der Waals surface area (Å²) in [6, 6.07) is 2.09. The van der Waals surface area contributed by atoms with E-state index in [0.29, 0.717) is 0 Å². The van der Waals surface area contributed by atoms with Gasteiger partial charge in [-0.05, 0) is 31.0 Å². The summed E-state index contributed by atoms with van der Waals surface area (Å²) in [6.07, 6.45) is -6.52. The maximum atomic E-state index is 12.6. The number of halogens is 3. The Bertz CT molecular complexity index is 676. The van der Waals surface area contributed by atoms with Crippen molar-refractivity contribution in [2.24, 2.45) is 11.7 Å². The number of esters is 1. The molecule has 0 aliphatic heterocycles. The number of rotatable bonds is 8. The molecule has 0 aliphatic rings. The van der Waals surface area contributed by atoms with Gasteiger partial charge in [0.25, 0.3) is 5.91 Å². The number of aliphatic hydroxyl groups excluding tert-OH is 1. The molecule has 0 aromatic heterocycles. The van der Waals surface area contributed by atoms with Crippen LogP contribution in [0.5, 0.6) is 0 Å². The van der Waals surface area contributed by atoms with Gasteiger partial charge >= 0.3 is 12.1 Å². The second-order valence-corrected chi connectivity index (χ2v) is 5.87. The Hall–Kier alpha value is -2.62. The van der Waals surface area contributed by atoms with Crippen LogP contribution in [0.1, 0.15) is 37.5 Å². The quantitative estimate of drug-likeness (QED) is 0.578. The van der Waals surface area contributed by atoms with Crippen molar-refractivity contribution in [1.82, 2.24) is 5.32 Å². The van der Waals surface area contributed by atoms with Crippen LogP contribution in [0.15, 0.2) is 24.3 Å². The van der Waals surface area contributed by atoms with Gasteiger partial charge in [-0.25, -0.2) is 0 Å². The highest BCUT2D eigenvalue weighted by Gasteiger charge is 2.31. The van der Waals surface area contributed by atoms with Crippen molar-refractivity contribution < 1.29 is 37.4 Å². The molecule has 0 fully saturated rings. The summed E-state index contributed by atoms with van der Waals surface area (Å²) in [7, 11) is 0. The third-order valence-electron chi connectivity index (χ3n) is 3.74. The standard InChI is InChI=1S/C17H21F3N2O5/c1-3-27-16(26)9(2)8-12(14(21)24)22-15(25)13(23)10-4-6-11(7-5-10)17(18,19)20/h4-7,9,12-13,23H,3,8H2,1-2H3,(H2,21,24)(H,22,25)/t9-,12+,13+/m1/s1. The molecule has 4 N–H and O–H groups in total. The molecular weight excluding hydrogens is 369 g/mol. The highest BCUT2D eigenvalue weighted by atomic mass is 19.4. The number of hydrogen-bond acceptors (Lipinski definition) is 5. The number of nitrogens with two attached hydrogens (primary N) is 1. The average Bonchev–Trinajstić information content (AvgIpc) is 2.59. The molecule has 1 aromatic carbocycles. The zero-order valence-electron chi connectivity index (χ0n) is 14.7. The first kappa shape index (κ1) is 22.4. The van der Waals surface area contributed by atoms with E-state index < -0.39 is 47.6 Å². The fourth-order valence-electron chi connectivity index (χ4n) is 2.24. The Morgan fingerprint density at radius 1 is 1.22 bits per heavy atom. The third-order valence-corrected chi connectivity index (χ3v) is 3.74. The lowest BCUT2D eigenvalue weighted by molar-refractivity contribution is -0.148. The van der Waals surface area contributed by atoms with Crippen molar-refractivity contribution in [3.8, 4) is 0 Å². The average molecular weight is 390 g/mol. The molecule has 2 amide bonds. The molecule has 0 bridgehead atoms. The number of nitrogens with one attached hydrogen (secondary N) is 1. The Kier molecular flexibility index (Phi) is 7.77. The van der Waals surface area contributed by atoms with E-state index >= 15 is 0 Å². The maximum absolute atomic E-state index is 12.6. The van der Waals surface area contributed by atoms with Crippen LogP contribution in [0.3, 0.4) is 0 Å². The van der Waals surface area contributed by atoms with Gasteiger partial charge in [0, 0.05) is 0 Å². The minimum absolute atomic E-state index is 0.0952. The first-order chi connectivity index (χ1) is 12.5. The van der Waals surface area contributed by atoms with Crippen LogP contribution in [0.25, 0.3) is 0 Å². The molecular formula is C17H21F3N2O5. The summed E-state index contributed by atoms with van der Waals surface area (Å²) in [6.45, 7) is 3.23. The molecule has 0 radical (unpaired) electrons. The first-order valence-electron chi connectivity index (χ1n) is 8.08. The van der Waals surface area contributed by atoms with Gasteiger partial charge in [0.05, 0.1) is 18.1 Å². The maximum Gasteiger partial charge on any atom is 0.416 e. The first-order valence-corrected chi connectivity index (χ1v) is 8.08. The molecule has 1 rings (SSSR count). The van der Waals surface area contributed by atoms with Crippen LogP contribution in [-0.4, -0.2) is 35.5 Å². The number of primary amides is 1. The number of amides is 2. The van der Waals surface area contributed by atoms with Gasteiger partial charge in [0.15, 0.2) is 6.10 Å². The lowest BCUT2D eigenvalue weighted by atomic mass is 10.0. The highest BCUT2D eigenvalue weighted by molar-refractivity contribution is 5.89. The zero-order chi connectivity index (χ0) is 20.8. The molecule has 0 spiro atoms. The fraction of sp³-hybridized carbons (Fsp3) is 0.471. The smallest absolute Gasteiger partial charge is 0.416 e. The molecule has 0 heterocycles. The SMILES string of the molecule is CCOC(=O)[C@H](C)C[C@H](NC(=O)[C@@H](O)c1ccc(C(F)(F)F)cc1)C(N)=O. The number of carbonyl (C=O) groups excluding carboxylic acids is 3. The van der Waals surface area contributed by atoms with Crippen LogP contribution in [-0.2, 0) is 25.3 Å². The lowest BCUT2D eigenvalue weighted by Gasteiger charge is -2.20. The summed E-state index contributed by atoms with van der Waals surface area (Å²) in [5.41, 5.74) is 4.17. The van der Waals surface area contributed by atoms with Crippen molar-refractivity contribution in [3.63, 3.8) is 0 Å². The predicted molar refractivity (Wildman–Crippen MR) is 87.9 cm³/mol. The topological polar surface area (TPSA) is 119 Å². The summed E-state index contributed by atoms with van der Waals surface area (Å²) in [5, 5.41) is 12.2. The minimum Gasteiger partial charge on any atom is -0.466 e. The summed E-state index contributed by atoms with van der Waals surface area (Å²) < 4.78 is 42.5. The molecule has 7 nitrogen and oxygen atoms in total. The van der Waals surface area contributed by atoms with Gasteiger partial charge in [0.2, 0.25) is 5.91 Å². The van der Waals surface area contributed by atoms with Gasteiger partial charge in [-0.15, -0.1) is 0 Å². The third kappa shape index (κ3) is 6.55. The Morgan fingerprint density at radius 2 is 1.78 bits per heavy atom. The van der Waals surface area contributed by atoms with Crippen LogP contribution >= 0.6 is 0 Å². The van der Waals surface area contributed by atoms with E-state index in [1.165, 1.54) is 6.92 Å². The van der Waals surface area contributed by atoms with Gasteiger partial charge in [-0.3, -0.25) is 14.4 Å². The molecule has 0 unspecified atom stereocenters. The van der Waals surface area contributed by atoms with E-state index in [2.05, 4.69) is 5.32 Å². The van der Waals surface area contributed by atoms with E-state index in [1.54, 1.807) is 6.92 Å². The van der Waals surface area contributed by atoms with E-state index in [-0.39, 0.29) is 18.6 Å². The molecule has 150 valence electrons. The van der Waals surface area contributed by atoms with E-state index in [1.807, 2.05) is 0 Å². The Balaban J connectivity index is 2.80. The van der Waals surface area contributed by atoms with Gasteiger partial charge in [-0.1, -0.05) is 19.1 Å². The number of aliphatic hydroxyl groups is 1. The number of carbonyl (C=O) groups is 3. The van der Waals surface area contributed by atoms with Crippen LogP contribution in [0.4, 0.5) is 13.2 Å². The molecule has 3 atom stereocenters. The van der Waals surface area contributed by atoms with Crippen LogP contribution in [0.2, 0.25) is 0 Å². The van der Waals surface area contributed by atoms with Crippen molar-refractivity contribution in [2.75, 3.05) is 6.61 Å². The molecule has 27 heavy (non-hydrogen) atoms. The molecule has 0 saturated heterocycles. The second-order valence-electron chi connectivity index (χ2n) is 5.87. The molecule has 0 aliphatic carbocycles. The number of hydrogen-bond donors (Lipinski definition) is 3. The van der Waals surface area contributed by atoms with Crippen molar-refractivity contribution >= 4 is 17.8 Å². The van der Waals surface area contributed by atoms with E-state index in [9.17, 15) is 32.7 Å². The van der Waals surface area contributed by atoms with Crippen molar-refractivity contribution in [1.29, 1.82) is 0 Å². The number of benzene rings is 1. The van der Waals surface area contributed by atoms with Crippen molar-refractivity contribution in [2.45, 2.75) is 38.6 Å². The highest BCUT2D eigenvalue weighted by Crippen LogP contribution is 2.30. The summed E-state index contributed by atoms with van der Waals surface area (Å²) >= 11 is 0.